The number of benzene rings is 2. The van der Waals surface area contributed by atoms with E-state index in [1.165, 1.54) is 0 Å². The average Bonchev–Trinajstić information content (AvgIpc) is 3.10. The van der Waals surface area contributed by atoms with E-state index in [4.69, 9.17) is 17.0 Å². The first kappa shape index (κ1) is 19.2. The van der Waals surface area contributed by atoms with Crippen molar-refractivity contribution in [3.8, 4) is 11.3 Å². The number of rotatable bonds is 1. The molecule has 27 heavy (non-hydrogen) atoms. The van der Waals surface area contributed by atoms with Crippen LogP contribution < -0.4 is 0 Å². The second-order valence-electron chi connectivity index (χ2n) is 5.57. The Morgan fingerprint density at radius 3 is 2.37 bits per heavy atom. The van der Waals surface area contributed by atoms with Crippen LogP contribution in [0.5, 0.6) is 0 Å². The monoisotopic (exact) mass is 547 g/mol. The summed E-state index contributed by atoms with van der Waals surface area (Å²) in [7, 11) is 0. The van der Waals surface area contributed by atoms with E-state index in [9.17, 15) is 0 Å². The first-order valence-corrected chi connectivity index (χ1v) is 8.55. The molecule has 5 heteroatoms. The maximum absolute atomic E-state index is 5.60. The van der Waals surface area contributed by atoms with Crippen molar-refractivity contribution in [1.29, 1.82) is 0 Å². The summed E-state index contributed by atoms with van der Waals surface area (Å²) in [6, 6.07) is 26.3. The van der Waals surface area contributed by atoms with Crippen LogP contribution in [0.1, 0.15) is 0 Å². The van der Waals surface area contributed by atoms with Gasteiger partial charge in [0.1, 0.15) is 11.1 Å². The molecule has 0 aliphatic rings. The third-order valence-electron chi connectivity index (χ3n) is 3.87. The number of aromatic nitrogens is 2. The van der Waals surface area contributed by atoms with E-state index in [1.54, 1.807) is 12.4 Å². The largest absolute Gasteiger partial charge is 0.779 e. The Morgan fingerprint density at radius 1 is 0.778 bits per heavy atom. The fourth-order valence-corrected chi connectivity index (χ4v) is 2.96. The quantitative estimate of drug-likeness (QED) is 0.208. The molecule has 2 aromatic carbocycles. The molecule has 135 valence electrons. The summed E-state index contributed by atoms with van der Waals surface area (Å²) in [6.45, 7) is 0. The van der Waals surface area contributed by atoms with Crippen LogP contribution in [-0.4, -0.2) is 9.97 Å². The Morgan fingerprint density at radius 2 is 1.59 bits per heavy atom. The summed E-state index contributed by atoms with van der Waals surface area (Å²) in [5.41, 5.74) is 4.47. The van der Waals surface area contributed by atoms with Crippen LogP contribution in [0.2, 0.25) is 0 Å². The number of hydrogen-bond donors (Lipinski definition) is 0. The third-order valence-corrected chi connectivity index (χ3v) is 4.21. The Bertz CT molecular complexity index is 1110. The van der Waals surface area contributed by atoms with Crippen molar-refractivity contribution in [3.63, 3.8) is 0 Å². The van der Waals surface area contributed by atoms with Crippen LogP contribution in [0, 0.1) is 6.07 Å². The summed E-state index contributed by atoms with van der Waals surface area (Å²) >= 11 is 5.23. The van der Waals surface area contributed by atoms with E-state index in [1.807, 2.05) is 72.8 Å². The minimum atomic E-state index is 0. The van der Waals surface area contributed by atoms with Crippen molar-refractivity contribution < 1.29 is 24.5 Å². The van der Waals surface area contributed by atoms with E-state index in [0.717, 1.165) is 38.2 Å². The van der Waals surface area contributed by atoms with Gasteiger partial charge in [0.2, 0.25) is 0 Å². The van der Waals surface area contributed by atoms with Gasteiger partial charge >= 0.3 is 0 Å². The zero-order chi connectivity index (χ0) is 17.8. The molecule has 0 atom stereocenters. The second kappa shape index (κ2) is 8.87. The SMILES string of the molecule is [Ir].[S-]c1cccc2oc3cccnc3c12.[c-]1ccccc1-c1ccccn1. The fraction of sp³-hybridized carbons (Fsp3) is 0. The van der Waals surface area contributed by atoms with Crippen molar-refractivity contribution in [3.05, 3.63) is 91.3 Å². The van der Waals surface area contributed by atoms with Crippen LogP contribution in [0.25, 0.3) is 33.3 Å². The molecule has 3 aromatic heterocycles. The fourth-order valence-electron chi connectivity index (χ4n) is 2.68. The van der Waals surface area contributed by atoms with Crippen LogP contribution in [0.4, 0.5) is 0 Å². The van der Waals surface area contributed by atoms with Gasteiger partial charge in [-0.15, -0.1) is 35.9 Å². The molecule has 0 aliphatic heterocycles. The summed E-state index contributed by atoms with van der Waals surface area (Å²) < 4.78 is 5.60. The molecule has 3 heterocycles. The van der Waals surface area contributed by atoms with E-state index in [2.05, 4.69) is 16.0 Å². The summed E-state index contributed by atoms with van der Waals surface area (Å²) in [6.07, 6.45) is 3.54. The van der Waals surface area contributed by atoms with Gasteiger partial charge in [-0.05, 0) is 30.0 Å². The Kier molecular flexibility index (Phi) is 6.30. The molecule has 0 unspecified atom stereocenters. The first-order chi connectivity index (χ1) is 12.8. The minimum absolute atomic E-state index is 0. The van der Waals surface area contributed by atoms with Crippen molar-refractivity contribution in [2.45, 2.75) is 4.90 Å². The van der Waals surface area contributed by atoms with Gasteiger partial charge in [-0.3, -0.25) is 4.98 Å². The molecule has 0 N–H and O–H groups in total. The summed E-state index contributed by atoms with van der Waals surface area (Å²) in [4.78, 5) is 9.28. The van der Waals surface area contributed by atoms with Gasteiger partial charge in [-0.2, -0.15) is 4.90 Å². The predicted octanol–water partition coefficient (Wildman–Crippen LogP) is 5.43. The molecular formula is C22H14IrN2OS-2. The van der Waals surface area contributed by atoms with Gasteiger partial charge in [-0.25, -0.2) is 0 Å². The van der Waals surface area contributed by atoms with Gasteiger partial charge < -0.3 is 22.0 Å². The van der Waals surface area contributed by atoms with Crippen molar-refractivity contribution in [1.82, 2.24) is 9.97 Å². The van der Waals surface area contributed by atoms with Crippen LogP contribution in [-0.2, 0) is 32.7 Å². The van der Waals surface area contributed by atoms with Gasteiger partial charge in [0.15, 0.2) is 5.58 Å². The molecular weight excluding hydrogens is 533 g/mol. The minimum Gasteiger partial charge on any atom is -0.779 e. The zero-order valence-corrected chi connectivity index (χ0v) is 17.3. The van der Waals surface area contributed by atoms with Gasteiger partial charge in [-0.1, -0.05) is 24.3 Å². The Hall–Kier alpha value is -2.59. The van der Waals surface area contributed by atoms with Crippen molar-refractivity contribution in [2.75, 3.05) is 0 Å². The standard InChI is InChI=1S/C11H7NOS.C11H8N.Ir/c14-9-5-1-3-7-10(9)11-8(13-7)4-2-6-12-11;1-2-6-10(7-3-1)11-8-4-5-9-12-11;/h1-6,14H;1-6,8-9H;/q;-1;/p-1. The Balaban J connectivity index is 0.000000152. The van der Waals surface area contributed by atoms with Crippen molar-refractivity contribution >= 4 is 34.7 Å². The van der Waals surface area contributed by atoms with Gasteiger partial charge in [0, 0.05) is 37.9 Å². The topological polar surface area (TPSA) is 38.9 Å². The molecule has 0 fully saturated rings. The number of hydrogen-bond acceptors (Lipinski definition) is 4. The molecule has 0 aliphatic carbocycles. The van der Waals surface area contributed by atoms with E-state index in [-0.39, 0.29) is 20.1 Å². The molecule has 5 rings (SSSR count). The number of nitrogens with zero attached hydrogens (tertiary/aromatic N) is 2. The molecule has 0 bridgehead atoms. The van der Waals surface area contributed by atoms with Crippen LogP contribution in [0.15, 0.2) is 94.5 Å². The Labute approximate surface area is 176 Å². The van der Waals surface area contributed by atoms with E-state index >= 15 is 0 Å². The molecule has 3 nitrogen and oxygen atoms in total. The third kappa shape index (κ3) is 4.22. The zero-order valence-electron chi connectivity index (χ0n) is 14.1. The maximum atomic E-state index is 5.60. The first-order valence-electron chi connectivity index (χ1n) is 8.14. The second-order valence-corrected chi connectivity index (χ2v) is 6.01. The van der Waals surface area contributed by atoms with Crippen LogP contribution >= 0.6 is 0 Å². The average molecular weight is 547 g/mol. The van der Waals surface area contributed by atoms with Crippen LogP contribution in [0.3, 0.4) is 0 Å². The molecule has 5 aromatic rings. The molecule has 0 saturated heterocycles. The number of furan rings is 1. The maximum Gasteiger partial charge on any atom is 0.153 e. The van der Waals surface area contributed by atoms with E-state index < -0.39 is 0 Å². The number of pyridine rings is 2. The van der Waals surface area contributed by atoms with E-state index in [0.29, 0.717) is 0 Å². The number of fused-ring (bicyclic) bond motifs is 3. The predicted molar refractivity (Wildman–Crippen MR) is 106 cm³/mol. The van der Waals surface area contributed by atoms with Gasteiger partial charge in [0.05, 0.1) is 0 Å². The molecule has 0 amide bonds. The van der Waals surface area contributed by atoms with Gasteiger partial charge in [0.25, 0.3) is 0 Å². The normalized spacial score (nSPS) is 10.1. The molecule has 0 saturated carbocycles. The summed E-state index contributed by atoms with van der Waals surface area (Å²) in [5.74, 6) is 0. The molecule has 0 spiro atoms. The molecule has 1 radical (unpaired) electrons. The smallest absolute Gasteiger partial charge is 0.153 e. The summed E-state index contributed by atoms with van der Waals surface area (Å²) in [5, 5.41) is 0.943. The van der Waals surface area contributed by atoms with Crippen molar-refractivity contribution in [2.24, 2.45) is 0 Å².